The van der Waals surface area contributed by atoms with E-state index in [0.717, 1.165) is 5.71 Å². The maximum Gasteiger partial charge on any atom is 0.00946 e. The van der Waals surface area contributed by atoms with Crippen LogP contribution in [-0.2, 0) is 0 Å². The molecule has 0 aromatic carbocycles. The van der Waals surface area contributed by atoms with Gasteiger partial charge in [0.05, 0.1) is 0 Å². The predicted octanol–water partition coefficient (Wildman–Crippen LogP) is 2.07. The normalized spacial score (nSPS) is 32.1. The average molecular weight is 111 g/mol. The Balaban J connectivity index is 2.48. The molecule has 0 aliphatic heterocycles. The molecule has 1 atom stereocenters. The summed E-state index contributed by atoms with van der Waals surface area (Å²) in [5.41, 5.74) is 1.32. The van der Waals surface area contributed by atoms with Crippen molar-refractivity contribution in [2.45, 2.75) is 27.2 Å². The maximum atomic E-state index is 7.27. The zero-order valence-electron chi connectivity index (χ0n) is 5.78. The van der Waals surface area contributed by atoms with Gasteiger partial charge < -0.3 is 5.41 Å². The molecule has 0 aromatic heterocycles. The van der Waals surface area contributed by atoms with Gasteiger partial charge in [0.15, 0.2) is 0 Å². The number of hydrogen-bond donors (Lipinski definition) is 1. The van der Waals surface area contributed by atoms with Gasteiger partial charge in [-0.1, -0.05) is 13.8 Å². The van der Waals surface area contributed by atoms with Gasteiger partial charge >= 0.3 is 0 Å². The molecule has 1 unspecified atom stereocenters. The van der Waals surface area contributed by atoms with Crippen molar-refractivity contribution in [2.75, 3.05) is 0 Å². The molecule has 1 rings (SSSR count). The molecule has 1 heteroatoms. The lowest BCUT2D eigenvalue weighted by molar-refractivity contribution is 0.620. The lowest BCUT2D eigenvalue weighted by atomic mass is 10.1. The molecular weight excluding hydrogens is 98.1 g/mol. The van der Waals surface area contributed by atoms with Crippen LogP contribution in [-0.4, -0.2) is 5.71 Å². The lowest BCUT2D eigenvalue weighted by Crippen LogP contribution is -1.98. The summed E-state index contributed by atoms with van der Waals surface area (Å²) in [7, 11) is 0. The van der Waals surface area contributed by atoms with E-state index < -0.39 is 0 Å². The SMILES string of the molecule is CC(=N)C1CC1(C)C. The summed E-state index contributed by atoms with van der Waals surface area (Å²) in [6.45, 7) is 6.34. The highest BCUT2D eigenvalue weighted by Gasteiger charge is 2.46. The molecule has 1 aliphatic rings. The molecule has 1 fully saturated rings. The third-order valence-electron chi connectivity index (χ3n) is 2.04. The summed E-state index contributed by atoms with van der Waals surface area (Å²) >= 11 is 0. The molecule has 0 heterocycles. The van der Waals surface area contributed by atoms with E-state index in [9.17, 15) is 0 Å². The molecule has 0 radical (unpaired) electrons. The van der Waals surface area contributed by atoms with Crippen molar-refractivity contribution in [2.24, 2.45) is 11.3 Å². The predicted molar refractivity (Wildman–Crippen MR) is 35.3 cm³/mol. The van der Waals surface area contributed by atoms with Crippen LogP contribution < -0.4 is 0 Å². The smallest absolute Gasteiger partial charge is 0.00946 e. The minimum atomic E-state index is 0.464. The van der Waals surface area contributed by atoms with Gasteiger partial charge in [0, 0.05) is 11.6 Å². The van der Waals surface area contributed by atoms with Crippen LogP contribution in [0.2, 0.25) is 0 Å². The van der Waals surface area contributed by atoms with Gasteiger partial charge in [-0.3, -0.25) is 0 Å². The van der Waals surface area contributed by atoms with E-state index in [1.165, 1.54) is 6.42 Å². The lowest BCUT2D eigenvalue weighted by Gasteiger charge is -1.97. The third-order valence-corrected chi connectivity index (χ3v) is 2.04. The minimum absolute atomic E-state index is 0.464. The van der Waals surface area contributed by atoms with Crippen molar-refractivity contribution in [1.82, 2.24) is 0 Å². The molecule has 1 saturated carbocycles. The Hall–Kier alpha value is -0.330. The molecule has 1 N–H and O–H groups in total. The first kappa shape index (κ1) is 5.80. The Bertz CT molecular complexity index is 124. The van der Waals surface area contributed by atoms with Crippen LogP contribution in [0, 0.1) is 16.7 Å². The molecule has 1 aliphatic carbocycles. The van der Waals surface area contributed by atoms with Crippen molar-refractivity contribution < 1.29 is 0 Å². The summed E-state index contributed by atoms with van der Waals surface area (Å²) in [4.78, 5) is 0. The summed E-state index contributed by atoms with van der Waals surface area (Å²) in [5.74, 6) is 0.600. The van der Waals surface area contributed by atoms with Crippen molar-refractivity contribution >= 4 is 5.71 Å². The van der Waals surface area contributed by atoms with Gasteiger partial charge in [-0.25, -0.2) is 0 Å². The number of hydrogen-bond acceptors (Lipinski definition) is 1. The summed E-state index contributed by atoms with van der Waals surface area (Å²) in [6, 6.07) is 0. The first-order chi connectivity index (χ1) is 3.54. The van der Waals surface area contributed by atoms with Gasteiger partial charge in [-0.05, 0) is 18.8 Å². The van der Waals surface area contributed by atoms with E-state index in [-0.39, 0.29) is 0 Å². The van der Waals surface area contributed by atoms with Crippen molar-refractivity contribution in [3.05, 3.63) is 0 Å². The standard InChI is InChI=1S/C7H13N/c1-5(8)6-4-7(6,2)3/h6,8H,4H2,1-3H3. The molecule has 8 heavy (non-hydrogen) atoms. The monoisotopic (exact) mass is 111 g/mol. The van der Waals surface area contributed by atoms with Gasteiger partial charge in [-0.15, -0.1) is 0 Å². The van der Waals surface area contributed by atoms with Gasteiger partial charge in [-0.2, -0.15) is 0 Å². The average Bonchev–Trinajstić information content (AvgIpc) is 2.13. The second-order valence-corrected chi connectivity index (χ2v) is 3.43. The Morgan fingerprint density at radius 1 is 1.62 bits per heavy atom. The first-order valence-electron chi connectivity index (χ1n) is 3.09. The fraction of sp³-hybridized carbons (Fsp3) is 0.857. The summed E-state index contributed by atoms with van der Waals surface area (Å²) in [6.07, 6.45) is 1.22. The van der Waals surface area contributed by atoms with Crippen LogP contribution in [0.15, 0.2) is 0 Å². The Morgan fingerprint density at radius 2 is 2.00 bits per heavy atom. The fourth-order valence-corrected chi connectivity index (χ4v) is 1.21. The van der Waals surface area contributed by atoms with E-state index >= 15 is 0 Å². The number of nitrogens with one attached hydrogen (secondary N) is 1. The second kappa shape index (κ2) is 1.34. The molecular formula is C7H13N. The van der Waals surface area contributed by atoms with Gasteiger partial charge in [0.1, 0.15) is 0 Å². The Labute approximate surface area is 50.6 Å². The summed E-state index contributed by atoms with van der Waals surface area (Å²) in [5, 5.41) is 7.27. The Morgan fingerprint density at radius 3 is 2.00 bits per heavy atom. The highest BCUT2D eigenvalue weighted by atomic mass is 14.6. The van der Waals surface area contributed by atoms with Gasteiger partial charge in [0.25, 0.3) is 0 Å². The van der Waals surface area contributed by atoms with E-state index in [1.54, 1.807) is 0 Å². The molecule has 46 valence electrons. The van der Waals surface area contributed by atoms with Crippen LogP contribution in [0.3, 0.4) is 0 Å². The van der Waals surface area contributed by atoms with Crippen molar-refractivity contribution in [3.8, 4) is 0 Å². The van der Waals surface area contributed by atoms with Crippen LogP contribution in [0.1, 0.15) is 27.2 Å². The summed E-state index contributed by atoms with van der Waals surface area (Å²) < 4.78 is 0. The topological polar surface area (TPSA) is 23.9 Å². The van der Waals surface area contributed by atoms with Crippen LogP contribution in [0.5, 0.6) is 0 Å². The maximum absolute atomic E-state index is 7.27. The van der Waals surface area contributed by atoms with Crippen LogP contribution in [0.25, 0.3) is 0 Å². The van der Waals surface area contributed by atoms with Crippen molar-refractivity contribution in [1.29, 1.82) is 5.41 Å². The fourth-order valence-electron chi connectivity index (χ4n) is 1.21. The molecule has 0 saturated heterocycles. The van der Waals surface area contributed by atoms with Crippen LogP contribution >= 0.6 is 0 Å². The zero-order valence-corrected chi connectivity index (χ0v) is 5.78. The largest absolute Gasteiger partial charge is 0.310 e. The molecule has 0 bridgehead atoms. The molecule has 1 nitrogen and oxygen atoms in total. The zero-order chi connectivity index (χ0) is 6.36. The number of rotatable bonds is 1. The molecule has 0 spiro atoms. The Kier molecular flexibility index (Phi) is 0.969. The molecule has 0 amide bonds. The van der Waals surface area contributed by atoms with E-state index in [4.69, 9.17) is 5.41 Å². The van der Waals surface area contributed by atoms with E-state index in [0.29, 0.717) is 11.3 Å². The molecule has 0 aromatic rings. The van der Waals surface area contributed by atoms with Crippen molar-refractivity contribution in [3.63, 3.8) is 0 Å². The first-order valence-corrected chi connectivity index (χ1v) is 3.09. The second-order valence-electron chi connectivity index (χ2n) is 3.43. The van der Waals surface area contributed by atoms with E-state index in [2.05, 4.69) is 13.8 Å². The van der Waals surface area contributed by atoms with Crippen LogP contribution in [0.4, 0.5) is 0 Å². The van der Waals surface area contributed by atoms with Gasteiger partial charge in [0.2, 0.25) is 0 Å². The van der Waals surface area contributed by atoms with E-state index in [1.807, 2.05) is 6.92 Å². The highest BCUT2D eigenvalue weighted by molar-refractivity contribution is 5.84. The minimum Gasteiger partial charge on any atom is -0.310 e. The third kappa shape index (κ3) is 0.770. The highest BCUT2D eigenvalue weighted by Crippen LogP contribution is 2.51. The quantitative estimate of drug-likeness (QED) is 0.501.